The summed E-state index contributed by atoms with van der Waals surface area (Å²) in [5.41, 5.74) is 0. The molecule has 0 bridgehead atoms. The fourth-order valence-electron chi connectivity index (χ4n) is 1.56. The van der Waals surface area contributed by atoms with Crippen LogP contribution in [0.1, 0.15) is 53.4 Å². The summed E-state index contributed by atoms with van der Waals surface area (Å²) < 4.78 is 6.34. The van der Waals surface area contributed by atoms with Crippen LogP contribution in [0.2, 0.25) is 18.1 Å². The molecular formula is C15H31BrOSi. The predicted octanol–water partition coefficient (Wildman–Crippen LogP) is 5.91. The predicted molar refractivity (Wildman–Crippen MR) is 89.1 cm³/mol. The molecular weight excluding hydrogens is 304 g/mol. The van der Waals surface area contributed by atoms with E-state index in [0.717, 1.165) is 11.8 Å². The molecule has 1 nitrogen and oxygen atoms in total. The van der Waals surface area contributed by atoms with E-state index in [1.165, 1.54) is 19.3 Å². The Bertz CT molecular complexity index is 243. The van der Waals surface area contributed by atoms with Crippen LogP contribution < -0.4 is 0 Å². The largest absolute Gasteiger partial charge is 0.414 e. The summed E-state index contributed by atoms with van der Waals surface area (Å²) in [6.45, 7) is 13.8. The standard InChI is InChI=1S/C15H31BrOSi/c1-14(12-10-8-7-9-11-13-16)17-18(5,6)15(2,3)4/h7,9,14H,8,10-13H2,1-6H3/b9-7-. The molecule has 0 radical (unpaired) electrons. The maximum Gasteiger partial charge on any atom is 0.192 e. The van der Waals surface area contributed by atoms with E-state index in [0.29, 0.717) is 11.1 Å². The van der Waals surface area contributed by atoms with Crippen molar-refractivity contribution in [2.45, 2.75) is 77.6 Å². The van der Waals surface area contributed by atoms with Gasteiger partial charge in [-0.1, -0.05) is 48.9 Å². The smallest absolute Gasteiger partial charge is 0.192 e. The average molecular weight is 335 g/mol. The molecule has 1 atom stereocenters. The van der Waals surface area contributed by atoms with Gasteiger partial charge in [0.2, 0.25) is 0 Å². The first-order valence-corrected chi connectivity index (χ1v) is 11.1. The number of halogens is 1. The number of unbranched alkanes of at least 4 members (excludes halogenated alkanes) is 1. The molecule has 0 aliphatic rings. The van der Waals surface area contributed by atoms with Gasteiger partial charge in [0, 0.05) is 11.4 Å². The van der Waals surface area contributed by atoms with Crippen molar-refractivity contribution in [1.82, 2.24) is 0 Å². The molecule has 1 unspecified atom stereocenters. The first-order chi connectivity index (χ1) is 8.20. The van der Waals surface area contributed by atoms with Crippen LogP contribution in [0.4, 0.5) is 0 Å². The molecule has 0 N–H and O–H groups in total. The number of alkyl halides is 1. The Hall–Kier alpha value is 0.397. The van der Waals surface area contributed by atoms with Gasteiger partial charge in [0.1, 0.15) is 0 Å². The zero-order valence-corrected chi connectivity index (χ0v) is 15.6. The Labute approximate surface area is 124 Å². The molecule has 0 aromatic carbocycles. The summed E-state index contributed by atoms with van der Waals surface area (Å²) in [5, 5.41) is 1.38. The highest BCUT2D eigenvalue weighted by Gasteiger charge is 2.38. The van der Waals surface area contributed by atoms with Crippen LogP contribution >= 0.6 is 15.9 Å². The first kappa shape index (κ1) is 18.4. The zero-order chi connectivity index (χ0) is 14.2. The summed E-state index contributed by atoms with van der Waals surface area (Å²) in [7, 11) is -1.57. The van der Waals surface area contributed by atoms with E-state index in [1.807, 2.05) is 0 Å². The van der Waals surface area contributed by atoms with Crippen LogP contribution in [0, 0.1) is 0 Å². The van der Waals surface area contributed by atoms with Gasteiger partial charge in [0.25, 0.3) is 0 Å². The van der Waals surface area contributed by atoms with E-state index in [4.69, 9.17) is 4.43 Å². The van der Waals surface area contributed by atoms with Gasteiger partial charge in [-0.25, -0.2) is 0 Å². The molecule has 3 heteroatoms. The fourth-order valence-corrected chi connectivity index (χ4v) is 3.30. The number of hydrogen-bond donors (Lipinski definition) is 0. The van der Waals surface area contributed by atoms with Crippen molar-refractivity contribution in [2.24, 2.45) is 0 Å². The molecule has 0 spiro atoms. The monoisotopic (exact) mass is 334 g/mol. The van der Waals surface area contributed by atoms with Crippen molar-refractivity contribution >= 4 is 24.2 Å². The van der Waals surface area contributed by atoms with Crippen LogP contribution in [0.5, 0.6) is 0 Å². The molecule has 108 valence electrons. The number of allylic oxidation sites excluding steroid dienone is 2. The lowest BCUT2D eigenvalue weighted by molar-refractivity contribution is 0.187. The second-order valence-corrected chi connectivity index (χ2v) is 12.1. The molecule has 0 aliphatic heterocycles. The van der Waals surface area contributed by atoms with Crippen LogP contribution in [-0.2, 0) is 4.43 Å². The third-order valence-corrected chi connectivity index (χ3v) is 8.79. The quantitative estimate of drug-likeness (QED) is 0.232. The summed E-state index contributed by atoms with van der Waals surface area (Å²) in [6.07, 6.45) is 9.66. The summed E-state index contributed by atoms with van der Waals surface area (Å²) >= 11 is 3.43. The Morgan fingerprint density at radius 2 is 1.72 bits per heavy atom. The molecule has 0 fully saturated rings. The van der Waals surface area contributed by atoms with Gasteiger partial charge in [-0.15, -0.1) is 0 Å². The molecule has 0 aromatic rings. The van der Waals surface area contributed by atoms with Gasteiger partial charge >= 0.3 is 0 Å². The maximum absolute atomic E-state index is 6.34. The summed E-state index contributed by atoms with van der Waals surface area (Å²) in [4.78, 5) is 0. The molecule has 0 saturated heterocycles. The van der Waals surface area contributed by atoms with Gasteiger partial charge < -0.3 is 4.43 Å². The summed E-state index contributed by atoms with van der Waals surface area (Å²) in [6, 6.07) is 0. The molecule has 0 aromatic heterocycles. The highest BCUT2D eigenvalue weighted by molar-refractivity contribution is 9.09. The normalized spacial score (nSPS) is 15.3. The van der Waals surface area contributed by atoms with Gasteiger partial charge in [0.15, 0.2) is 8.32 Å². The second kappa shape index (κ2) is 8.54. The van der Waals surface area contributed by atoms with Crippen LogP contribution in [0.15, 0.2) is 12.2 Å². The van der Waals surface area contributed by atoms with E-state index in [1.54, 1.807) is 0 Å². The lowest BCUT2D eigenvalue weighted by atomic mass is 10.1. The topological polar surface area (TPSA) is 9.23 Å². The Balaban J connectivity index is 3.88. The number of rotatable bonds is 8. The third kappa shape index (κ3) is 7.75. The fraction of sp³-hybridized carbons (Fsp3) is 0.867. The van der Waals surface area contributed by atoms with Crippen molar-refractivity contribution in [3.63, 3.8) is 0 Å². The molecule has 0 saturated carbocycles. The van der Waals surface area contributed by atoms with Gasteiger partial charge in [-0.3, -0.25) is 0 Å². The Morgan fingerprint density at radius 3 is 2.22 bits per heavy atom. The summed E-state index contributed by atoms with van der Waals surface area (Å²) in [5.74, 6) is 0. The minimum Gasteiger partial charge on any atom is -0.414 e. The van der Waals surface area contributed by atoms with Gasteiger partial charge in [0.05, 0.1) is 0 Å². The third-order valence-electron chi connectivity index (χ3n) is 3.73. The highest BCUT2D eigenvalue weighted by Crippen LogP contribution is 2.37. The maximum atomic E-state index is 6.34. The van der Waals surface area contributed by atoms with Crippen molar-refractivity contribution in [3.8, 4) is 0 Å². The Kier molecular flexibility index (Phi) is 8.73. The Morgan fingerprint density at radius 1 is 1.17 bits per heavy atom. The van der Waals surface area contributed by atoms with E-state index < -0.39 is 8.32 Å². The van der Waals surface area contributed by atoms with Crippen LogP contribution in [-0.4, -0.2) is 19.8 Å². The van der Waals surface area contributed by atoms with Crippen molar-refractivity contribution in [1.29, 1.82) is 0 Å². The SMILES string of the molecule is CC(CCC/C=C\CCBr)O[Si](C)(C)C(C)(C)C. The van der Waals surface area contributed by atoms with Crippen molar-refractivity contribution in [3.05, 3.63) is 12.2 Å². The highest BCUT2D eigenvalue weighted by atomic mass is 79.9. The molecule has 18 heavy (non-hydrogen) atoms. The molecule has 0 heterocycles. The number of hydrogen-bond acceptors (Lipinski definition) is 1. The van der Waals surface area contributed by atoms with Crippen LogP contribution in [0.25, 0.3) is 0 Å². The lowest BCUT2D eigenvalue weighted by Gasteiger charge is -2.38. The second-order valence-electron chi connectivity index (χ2n) is 6.57. The van der Waals surface area contributed by atoms with Crippen molar-refractivity contribution < 1.29 is 4.43 Å². The van der Waals surface area contributed by atoms with E-state index in [9.17, 15) is 0 Å². The molecule has 0 aliphatic carbocycles. The van der Waals surface area contributed by atoms with E-state index in [2.05, 4.69) is 68.9 Å². The molecule has 0 rings (SSSR count). The van der Waals surface area contributed by atoms with E-state index in [-0.39, 0.29) is 0 Å². The van der Waals surface area contributed by atoms with Crippen molar-refractivity contribution in [2.75, 3.05) is 5.33 Å². The zero-order valence-electron chi connectivity index (χ0n) is 13.1. The minimum absolute atomic E-state index is 0.317. The molecule has 0 amide bonds. The van der Waals surface area contributed by atoms with Crippen LogP contribution in [0.3, 0.4) is 0 Å². The lowest BCUT2D eigenvalue weighted by Crippen LogP contribution is -2.43. The van der Waals surface area contributed by atoms with Gasteiger partial charge in [-0.2, -0.15) is 0 Å². The first-order valence-electron chi connectivity index (χ1n) is 7.09. The average Bonchev–Trinajstić information content (AvgIpc) is 2.20. The minimum atomic E-state index is -1.57. The van der Waals surface area contributed by atoms with Gasteiger partial charge in [-0.05, 0) is 50.7 Å². The van der Waals surface area contributed by atoms with E-state index >= 15 is 0 Å².